The van der Waals surface area contributed by atoms with Crippen LogP contribution in [0.3, 0.4) is 0 Å². The van der Waals surface area contributed by atoms with E-state index in [1.54, 1.807) is 6.92 Å². The van der Waals surface area contributed by atoms with Crippen molar-refractivity contribution in [1.82, 2.24) is 24.7 Å². The second-order valence-corrected chi connectivity index (χ2v) is 10.7. The van der Waals surface area contributed by atoms with Gasteiger partial charge >= 0.3 is 0 Å². The monoisotopic (exact) mass is 599 g/mol. The highest BCUT2D eigenvalue weighted by molar-refractivity contribution is 6.31. The average Bonchev–Trinajstić information content (AvgIpc) is 3.46. The van der Waals surface area contributed by atoms with Crippen LogP contribution in [0, 0.1) is 30.4 Å². The van der Waals surface area contributed by atoms with Crippen LogP contribution in [0.1, 0.15) is 53.1 Å². The van der Waals surface area contributed by atoms with Gasteiger partial charge in [0.25, 0.3) is 12.3 Å². The van der Waals surface area contributed by atoms with E-state index >= 15 is 0 Å². The SMILES string of the molecule is Cc1ncc(-c2c(C(F)F)ccc(Cl)c2F)nc1C(=O)Nc1cnn(C(C)c2cnc(N3C[C@H]4C[C@H]4C3=O)c(F)c2)c1. The molecule has 1 saturated heterocycles. The van der Waals surface area contributed by atoms with Gasteiger partial charge in [-0.3, -0.25) is 24.2 Å². The number of hydrogen-bond acceptors (Lipinski definition) is 6. The Balaban J connectivity index is 1.20. The van der Waals surface area contributed by atoms with Crippen molar-refractivity contribution in [3.63, 3.8) is 0 Å². The molecule has 1 aliphatic carbocycles. The van der Waals surface area contributed by atoms with Crippen molar-refractivity contribution in [3.05, 3.63) is 82.2 Å². The zero-order chi connectivity index (χ0) is 29.9. The molecular weight excluding hydrogens is 578 g/mol. The molecular formula is C28H22ClF4N7O2. The molecule has 3 aromatic heterocycles. The normalized spacial score (nSPS) is 18.4. The molecule has 6 rings (SSSR count). The highest BCUT2D eigenvalue weighted by Crippen LogP contribution is 2.47. The number of piperidine rings is 1. The second-order valence-electron chi connectivity index (χ2n) is 10.3. The van der Waals surface area contributed by atoms with E-state index in [0.29, 0.717) is 12.1 Å². The number of amides is 2. The molecule has 1 saturated carbocycles. The van der Waals surface area contributed by atoms with Crippen LogP contribution in [0.2, 0.25) is 5.02 Å². The standard InChI is InChI=1S/C28H22ClF4N7O2/c1-12-24(38-21(9-34-12)22-17(25(32)33)3-4-19(29)23(22)31)27(41)37-16-8-36-40(11-16)13(2)14-6-20(30)26(35-7-14)39-10-15-5-18(15)28(39)42/h3-4,6-9,11,13,15,18,25H,5,10H2,1-2H3,(H,37,41)/t13?,15-,18-/m1/s1. The largest absolute Gasteiger partial charge is 0.318 e. The number of nitrogens with one attached hydrogen (secondary N) is 1. The van der Waals surface area contributed by atoms with Gasteiger partial charge in [0.2, 0.25) is 5.91 Å². The Morgan fingerprint density at radius 2 is 1.95 bits per heavy atom. The Hall–Kier alpha value is -4.39. The van der Waals surface area contributed by atoms with E-state index in [9.17, 15) is 27.2 Å². The first kappa shape index (κ1) is 27.8. The fraction of sp³-hybridized carbons (Fsp3) is 0.286. The predicted molar refractivity (Wildman–Crippen MR) is 144 cm³/mol. The molecule has 0 bridgehead atoms. The molecule has 1 aliphatic heterocycles. The zero-order valence-electron chi connectivity index (χ0n) is 22.2. The molecule has 0 spiro atoms. The lowest BCUT2D eigenvalue weighted by Gasteiger charge is -2.19. The summed E-state index contributed by atoms with van der Waals surface area (Å²) in [5, 5.41) is 6.47. The third-order valence-electron chi connectivity index (χ3n) is 7.55. The quantitative estimate of drug-likeness (QED) is 0.271. The summed E-state index contributed by atoms with van der Waals surface area (Å²) in [6.45, 7) is 3.71. The van der Waals surface area contributed by atoms with Gasteiger partial charge in [0.1, 0.15) is 5.69 Å². The van der Waals surface area contributed by atoms with Gasteiger partial charge in [-0.25, -0.2) is 27.5 Å². The predicted octanol–water partition coefficient (Wildman–Crippen LogP) is 5.76. The van der Waals surface area contributed by atoms with Gasteiger partial charge < -0.3 is 5.32 Å². The van der Waals surface area contributed by atoms with E-state index in [2.05, 4.69) is 25.4 Å². The Kier molecular flexibility index (Phi) is 6.92. The highest BCUT2D eigenvalue weighted by Gasteiger charge is 2.53. The van der Waals surface area contributed by atoms with Crippen LogP contribution in [0.5, 0.6) is 0 Å². The topological polar surface area (TPSA) is 106 Å². The number of halogens is 5. The van der Waals surface area contributed by atoms with Crippen molar-refractivity contribution in [2.45, 2.75) is 32.7 Å². The lowest BCUT2D eigenvalue weighted by molar-refractivity contribution is -0.118. The molecule has 216 valence electrons. The van der Waals surface area contributed by atoms with E-state index in [-0.39, 0.29) is 51.4 Å². The van der Waals surface area contributed by atoms with Crippen LogP contribution in [0.15, 0.2) is 43.0 Å². The zero-order valence-corrected chi connectivity index (χ0v) is 22.9. The van der Waals surface area contributed by atoms with Crippen molar-refractivity contribution < 1.29 is 27.2 Å². The van der Waals surface area contributed by atoms with Gasteiger partial charge in [0.15, 0.2) is 17.5 Å². The summed E-state index contributed by atoms with van der Waals surface area (Å²) in [5.74, 6) is -2.29. The van der Waals surface area contributed by atoms with Gasteiger partial charge in [0.05, 0.1) is 40.5 Å². The van der Waals surface area contributed by atoms with Crippen molar-refractivity contribution in [1.29, 1.82) is 0 Å². The van der Waals surface area contributed by atoms with E-state index in [4.69, 9.17) is 11.6 Å². The number of carbonyl (C=O) groups is 2. The number of nitrogens with zero attached hydrogens (tertiary/aromatic N) is 6. The number of benzene rings is 1. The molecule has 1 N–H and O–H groups in total. The van der Waals surface area contributed by atoms with Crippen LogP contribution in [-0.2, 0) is 4.79 Å². The molecule has 4 aromatic rings. The smallest absolute Gasteiger partial charge is 0.276 e. The maximum absolute atomic E-state index is 14.9. The minimum absolute atomic E-state index is 0.00797. The second kappa shape index (κ2) is 10.5. The number of carbonyl (C=O) groups excluding carboxylic acids is 2. The number of fused-ring (bicyclic) bond motifs is 1. The van der Waals surface area contributed by atoms with Gasteiger partial charge in [-0.05, 0) is 43.9 Å². The molecule has 2 amide bonds. The number of aryl methyl sites for hydroxylation is 1. The number of alkyl halides is 2. The van der Waals surface area contributed by atoms with Crippen LogP contribution >= 0.6 is 11.6 Å². The third kappa shape index (κ3) is 4.87. The van der Waals surface area contributed by atoms with E-state index in [0.717, 1.165) is 24.8 Å². The summed E-state index contributed by atoms with van der Waals surface area (Å²) in [6.07, 6.45) is 3.26. The summed E-state index contributed by atoms with van der Waals surface area (Å²) in [6, 6.07) is 2.82. The number of anilines is 2. The van der Waals surface area contributed by atoms with Crippen molar-refractivity contribution in [3.8, 4) is 11.3 Å². The van der Waals surface area contributed by atoms with Crippen LogP contribution in [0.25, 0.3) is 11.3 Å². The first-order valence-electron chi connectivity index (χ1n) is 13.0. The minimum atomic E-state index is -3.02. The molecule has 3 atom stereocenters. The highest BCUT2D eigenvalue weighted by atomic mass is 35.5. The van der Waals surface area contributed by atoms with Crippen LogP contribution in [-0.4, -0.2) is 43.1 Å². The van der Waals surface area contributed by atoms with Crippen LogP contribution < -0.4 is 10.2 Å². The first-order chi connectivity index (χ1) is 20.0. The summed E-state index contributed by atoms with van der Waals surface area (Å²) < 4.78 is 58.4. The molecule has 14 heteroatoms. The maximum atomic E-state index is 14.9. The number of rotatable bonds is 7. The van der Waals surface area contributed by atoms with E-state index < -0.39 is 41.1 Å². The van der Waals surface area contributed by atoms with Gasteiger partial charge in [-0.1, -0.05) is 17.7 Å². The molecule has 2 aliphatic rings. The summed E-state index contributed by atoms with van der Waals surface area (Å²) in [4.78, 5) is 39.2. The molecule has 2 fully saturated rings. The fourth-order valence-electron chi connectivity index (χ4n) is 5.09. The summed E-state index contributed by atoms with van der Waals surface area (Å²) in [7, 11) is 0. The lowest BCUT2D eigenvalue weighted by Crippen LogP contribution is -2.29. The van der Waals surface area contributed by atoms with Gasteiger partial charge in [-0.15, -0.1) is 0 Å². The van der Waals surface area contributed by atoms with Gasteiger partial charge in [0, 0.05) is 36.0 Å². The van der Waals surface area contributed by atoms with E-state index in [1.165, 1.54) is 41.2 Å². The molecule has 0 radical (unpaired) electrons. The van der Waals surface area contributed by atoms with Crippen molar-refractivity contribution in [2.75, 3.05) is 16.8 Å². The third-order valence-corrected chi connectivity index (χ3v) is 7.84. The first-order valence-corrected chi connectivity index (χ1v) is 13.3. The average molecular weight is 600 g/mol. The van der Waals surface area contributed by atoms with Crippen LogP contribution in [0.4, 0.5) is 29.1 Å². The minimum Gasteiger partial charge on any atom is -0.318 e. The Morgan fingerprint density at radius 3 is 2.64 bits per heavy atom. The van der Waals surface area contributed by atoms with Crippen molar-refractivity contribution in [2.24, 2.45) is 11.8 Å². The number of pyridine rings is 1. The fourth-order valence-corrected chi connectivity index (χ4v) is 5.25. The van der Waals surface area contributed by atoms with E-state index in [1.807, 2.05) is 0 Å². The number of aromatic nitrogens is 5. The van der Waals surface area contributed by atoms with Crippen molar-refractivity contribution >= 4 is 34.9 Å². The summed E-state index contributed by atoms with van der Waals surface area (Å²) in [5.41, 5.74) is -0.763. The maximum Gasteiger partial charge on any atom is 0.276 e. The lowest BCUT2D eigenvalue weighted by atomic mass is 10.0. The molecule has 42 heavy (non-hydrogen) atoms. The molecule has 1 aromatic carbocycles. The molecule has 1 unspecified atom stereocenters. The number of hydrogen-bond donors (Lipinski definition) is 1. The molecule has 4 heterocycles. The Labute approximate surface area is 241 Å². The molecule has 9 nitrogen and oxygen atoms in total. The summed E-state index contributed by atoms with van der Waals surface area (Å²) >= 11 is 5.81. The Bertz CT molecular complexity index is 1750. The Morgan fingerprint density at radius 1 is 1.17 bits per heavy atom. The van der Waals surface area contributed by atoms with Gasteiger partial charge in [-0.2, -0.15) is 5.10 Å².